The van der Waals surface area contributed by atoms with Gasteiger partial charge in [-0.1, -0.05) is 36.4 Å². The summed E-state index contributed by atoms with van der Waals surface area (Å²) in [7, 11) is 0. The van der Waals surface area contributed by atoms with Crippen LogP contribution in [0.2, 0.25) is 0 Å². The molecule has 1 aromatic heterocycles. The minimum Gasteiger partial charge on any atom is -0.421 e. The van der Waals surface area contributed by atoms with Gasteiger partial charge < -0.3 is 4.42 Å². The van der Waals surface area contributed by atoms with Crippen LogP contribution in [0, 0.1) is 6.92 Å². The van der Waals surface area contributed by atoms with E-state index in [9.17, 15) is 4.79 Å². The number of para-hydroxylation sites is 1. The quantitative estimate of drug-likeness (QED) is 0.505. The molecule has 0 spiro atoms. The van der Waals surface area contributed by atoms with Crippen molar-refractivity contribution in [2.45, 2.75) is 6.92 Å². The molecule has 0 fully saturated rings. The van der Waals surface area contributed by atoms with Crippen molar-refractivity contribution in [2.75, 3.05) is 0 Å². The first-order valence-corrected chi connectivity index (χ1v) is 6.25. The van der Waals surface area contributed by atoms with E-state index in [0.29, 0.717) is 11.3 Å². The Bertz CT molecular complexity index is 836. The predicted octanol–water partition coefficient (Wildman–Crippen LogP) is 4.52. The van der Waals surface area contributed by atoms with Gasteiger partial charge >= 0.3 is 5.63 Å². The fourth-order valence-electron chi connectivity index (χ4n) is 2.01. The molecule has 98 valence electrons. The molecule has 3 rings (SSSR count). The second-order valence-corrected chi connectivity index (χ2v) is 4.39. The van der Waals surface area contributed by atoms with E-state index in [2.05, 4.69) is 10.2 Å². The number of nitrogens with zero attached hydrogens (tertiary/aromatic N) is 2. The SMILES string of the molecule is Cc1c(N=Nc2ccccc2)c(=O)oc2ccccc12. The first-order valence-electron chi connectivity index (χ1n) is 6.25. The van der Waals surface area contributed by atoms with Crippen LogP contribution in [-0.2, 0) is 0 Å². The van der Waals surface area contributed by atoms with Crippen molar-refractivity contribution in [1.29, 1.82) is 0 Å². The molecule has 0 radical (unpaired) electrons. The van der Waals surface area contributed by atoms with Crippen LogP contribution < -0.4 is 5.63 Å². The Morgan fingerprint density at radius 2 is 1.60 bits per heavy atom. The minimum atomic E-state index is -0.471. The van der Waals surface area contributed by atoms with Gasteiger partial charge in [0.15, 0.2) is 5.69 Å². The molecule has 1 heterocycles. The van der Waals surface area contributed by atoms with Gasteiger partial charge in [0.2, 0.25) is 0 Å². The van der Waals surface area contributed by atoms with Crippen LogP contribution in [0.4, 0.5) is 11.4 Å². The van der Waals surface area contributed by atoms with Gasteiger partial charge in [-0.05, 0) is 30.7 Å². The molecular formula is C16H12N2O2. The number of aryl methyl sites for hydroxylation is 1. The summed E-state index contributed by atoms with van der Waals surface area (Å²) in [6.45, 7) is 1.85. The van der Waals surface area contributed by atoms with Crippen LogP contribution in [0.3, 0.4) is 0 Å². The standard InChI is InChI=1S/C16H12N2O2/c1-11-13-9-5-6-10-14(13)20-16(19)15(11)18-17-12-7-3-2-4-8-12/h2-10H,1H3. The average Bonchev–Trinajstić information content (AvgIpc) is 2.48. The molecule has 0 atom stereocenters. The molecule has 0 amide bonds. The molecule has 0 unspecified atom stereocenters. The fourth-order valence-corrected chi connectivity index (χ4v) is 2.01. The summed E-state index contributed by atoms with van der Waals surface area (Å²) in [6.07, 6.45) is 0. The Morgan fingerprint density at radius 1 is 0.900 bits per heavy atom. The zero-order valence-electron chi connectivity index (χ0n) is 10.9. The van der Waals surface area contributed by atoms with Gasteiger partial charge in [0.05, 0.1) is 5.69 Å². The third-order valence-electron chi connectivity index (χ3n) is 3.06. The first kappa shape index (κ1) is 12.3. The van der Waals surface area contributed by atoms with Crippen LogP contribution >= 0.6 is 0 Å². The lowest BCUT2D eigenvalue weighted by Gasteiger charge is -2.02. The monoisotopic (exact) mass is 264 g/mol. The first-order chi connectivity index (χ1) is 9.75. The van der Waals surface area contributed by atoms with Crippen LogP contribution in [-0.4, -0.2) is 0 Å². The van der Waals surface area contributed by atoms with E-state index < -0.39 is 5.63 Å². The number of fused-ring (bicyclic) bond motifs is 1. The summed E-state index contributed by atoms with van der Waals surface area (Å²) in [4.78, 5) is 12.0. The lowest BCUT2D eigenvalue weighted by atomic mass is 10.1. The summed E-state index contributed by atoms with van der Waals surface area (Å²) in [6, 6.07) is 16.7. The zero-order chi connectivity index (χ0) is 13.9. The third kappa shape index (κ3) is 2.23. The van der Waals surface area contributed by atoms with E-state index in [1.165, 1.54) is 0 Å². The highest BCUT2D eigenvalue weighted by atomic mass is 16.4. The Hall–Kier alpha value is -2.75. The largest absolute Gasteiger partial charge is 0.421 e. The molecule has 0 aliphatic carbocycles. The minimum absolute atomic E-state index is 0.243. The van der Waals surface area contributed by atoms with Gasteiger partial charge in [-0.2, -0.15) is 5.11 Å². The normalized spacial score (nSPS) is 11.2. The highest BCUT2D eigenvalue weighted by Crippen LogP contribution is 2.25. The molecule has 0 saturated heterocycles. The van der Waals surface area contributed by atoms with E-state index in [4.69, 9.17) is 4.42 Å². The highest BCUT2D eigenvalue weighted by Gasteiger charge is 2.10. The molecule has 0 N–H and O–H groups in total. The van der Waals surface area contributed by atoms with Gasteiger partial charge in [-0.3, -0.25) is 0 Å². The van der Waals surface area contributed by atoms with E-state index in [0.717, 1.165) is 10.9 Å². The maximum Gasteiger partial charge on any atom is 0.364 e. The van der Waals surface area contributed by atoms with Crippen LogP contribution in [0.25, 0.3) is 11.0 Å². The Balaban J connectivity index is 2.12. The molecule has 3 aromatic rings. The van der Waals surface area contributed by atoms with Crippen molar-refractivity contribution >= 4 is 22.3 Å². The van der Waals surface area contributed by atoms with Crippen molar-refractivity contribution in [2.24, 2.45) is 10.2 Å². The van der Waals surface area contributed by atoms with Gasteiger partial charge in [-0.15, -0.1) is 5.11 Å². The van der Waals surface area contributed by atoms with E-state index in [-0.39, 0.29) is 5.69 Å². The molecule has 4 nitrogen and oxygen atoms in total. The Labute approximate surface area is 115 Å². The van der Waals surface area contributed by atoms with E-state index in [1.807, 2.05) is 55.5 Å². The van der Waals surface area contributed by atoms with E-state index in [1.54, 1.807) is 6.07 Å². The molecule has 4 heteroatoms. The number of hydrogen-bond acceptors (Lipinski definition) is 4. The number of rotatable bonds is 2. The summed E-state index contributed by atoms with van der Waals surface area (Å²) < 4.78 is 5.25. The fraction of sp³-hybridized carbons (Fsp3) is 0.0625. The Kier molecular flexibility index (Phi) is 3.13. The van der Waals surface area contributed by atoms with Crippen LogP contribution in [0.1, 0.15) is 5.56 Å². The molecular weight excluding hydrogens is 252 g/mol. The van der Waals surface area contributed by atoms with Gasteiger partial charge in [0.1, 0.15) is 5.58 Å². The topological polar surface area (TPSA) is 54.9 Å². The number of azo groups is 1. The van der Waals surface area contributed by atoms with Gasteiger partial charge in [-0.25, -0.2) is 4.79 Å². The lowest BCUT2D eigenvalue weighted by Crippen LogP contribution is -2.00. The molecule has 0 bridgehead atoms. The number of hydrogen-bond donors (Lipinski definition) is 0. The second kappa shape index (κ2) is 5.09. The zero-order valence-corrected chi connectivity index (χ0v) is 10.9. The van der Waals surface area contributed by atoms with Crippen molar-refractivity contribution < 1.29 is 4.42 Å². The van der Waals surface area contributed by atoms with Crippen molar-refractivity contribution in [3.63, 3.8) is 0 Å². The lowest BCUT2D eigenvalue weighted by molar-refractivity contribution is 0.561. The third-order valence-corrected chi connectivity index (χ3v) is 3.06. The molecule has 20 heavy (non-hydrogen) atoms. The van der Waals surface area contributed by atoms with Crippen LogP contribution in [0.15, 0.2) is 74.0 Å². The summed E-state index contributed by atoms with van der Waals surface area (Å²) in [5, 5.41) is 8.98. The van der Waals surface area contributed by atoms with Crippen molar-refractivity contribution in [3.05, 3.63) is 70.6 Å². The smallest absolute Gasteiger partial charge is 0.364 e. The summed E-state index contributed by atoms with van der Waals surface area (Å²) in [5.41, 5.74) is 1.80. The summed E-state index contributed by atoms with van der Waals surface area (Å²) in [5.74, 6) is 0. The maximum absolute atomic E-state index is 12.0. The number of benzene rings is 2. The molecule has 0 aliphatic rings. The molecule has 0 saturated carbocycles. The van der Waals surface area contributed by atoms with Gasteiger partial charge in [0, 0.05) is 5.39 Å². The molecule has 2 aromatic carbocycles. The molecule has 0 aliphatic heterocycles. The summed E-state index contributed by atoms with van der Waals surface area (Å²) >= 11 is 0. The second-order valence-electron chi connectivity index (χ2n) is 4.39. The van der Waals surface area contributed by atoms with Crippen molar-refractivity contribution in [3.8, 4) is 0 Å². The predicted molar refractivity (Wildman–Crippen MR) is 77.8 cm³/mol. The maximum atomic E-state index is 12.0. The Morgan fingerprint density at radius 3 is 2.40 bits per heavy atom. The van der Waals surface area contributed by atoms with E-state index >= 15 is 0 Å². The average molecular weight is 264 g/mol. The van der Waals surface area contributed by atoms with Crippen LogP contribution in [0.5, 0.6) is 0 Å². The van der Waals surface area contributed by atoms with Crippen molar-refractivity contribution in [1.82, 2.24) is 0 Å². The highest BCUT2D eigenvalue weighted by molar-refractivity contribution is 5.83. The van der Waals surface area contributed by atoms with Gasteiger partial charge in [0.25, 0.3) is 0 Å².